The van der Waals surface area contributed by atoms with Crippen LogP contribution in [-0.2, 0) is 12.8 Å². The van der Waals surface area contributed by atoms with Crippen molar-refractivity contribution in [2.24, 2.45) is 0 Å². The van der Waals surface area contributed by atoms with Gasteiger partial charge in [-0.05, 0) is 12.1 Å². The fourth-order valence-electron chi connectivity index (χ4n) is 1.80. The molecule has 2 aromatic rings. The minimum Gasteiger partial charge on any atom is -0.396 e. The van der Waals surface area contributed by atoms with Crippen LogP contribution in [0.1, 0.15) is 31.1 Å². The molecule has 0 fully saturated rings. The number of nitrogens with zero attached hydrogens (tertiary/aromatic N) is 4. The van der Waals surface area contributed by atoms with Gasteiger partial charge in [0.2, 0.25) is 0 Å². The molecule has 2 N–H and O–H groups in total. The number of nitrogen functional groups attached to an aromatic ring is 1. The van der Waals surface area contributed by atoms with Crippen LogP contribution < -0.4 is 5.73 Å². The summed E-state index contributed by atoms with van der Waals surface area (Å²) in [6, 6.07) is 7.43. The van der Waals surface area contributed by atoms with E-state index in [1.165, 1.54) is 0 Å². The third-order valence-electron chi connectivity index (χ3n) is 2.78. The third-order valence-corrected chi connectivity index (χ3v) is 2.78. The Labute approximate surface area is 106 Å². The number of rotatable bonds is 3. The molecule has 1 aromatic heterocycles. The Morgan fingerprint density at radius 2 is 2.11 bits per heavy atom. The number of anilines is 1. The lowest BCUT2D eigenvalue weighted by Crippen LogP contribution is -2.06. The molecule has 0 aliphatic carbocycles. The second-order valence-electron chi connectivity index (χ2n) is 3.91. The zero-order chi connectivity index (χ0) is 13.1. The van der Waals surface area contributed by atoms with Crippen molar-refractivity contribution in [2.45, 2.75) is 26.7 Å². The van der Waals surface area contributed by atoms with Crippen LogP contribution in [0, 0.1) is 11.3 Å². The molecule has 0 saturated heterocycles. The quantitative estimate of drug-likeness (QED) is 0.831. The molecule has 0 amide bonds. The summed E-state index contributed by atoms with van der Waals surface area (Å²) in [4.78, 5) is 4.43. The van der Waals surface area contributed by atoms with Crippen molar-refractivity contribution in [1.82, 2.24) is 14.8 Å². The highest BCUT2D eigenvalue weighted by Crippen LogP contribution is 2.21. The fourth-order valence-corrected chi connectivity index (χ4v) is 1.80. The van der Waals surface area contributed by atoms with Gasteiger partial charge in [-0.15, -0.1) is 0 Å². The number of nitrogens with two attached hydrogens (primary N) is 1. The van der Waals surface area contributed by atoms with Gasteiger partial charge < -0.3 is 5.73 Å². The van der Waals surface area contributed by atoms with E-state index in [1.54, 1.807) is 16.8 Å². The first-order valence-electron chi connectivity index (χ1n) is 5.95. The molecule has 0 bridgehead atoms. The SMILES string of the molecule is CCc1nc(CC)n(-c2cccc(C#N)c2N)n1. The van der Waals surface area contributed by atoms with Gasteiger partial charge in [0.1, 0.15) is 11.9 Å². The lowest BCUT2D eigenvalue weighted by atomic mass is 10.1. The first-order chi connectivity index (χ1) is 8.71. The van der Waals surface area contributed by atoms with Gasteiger partial charge in [-0.1, -0.05) is 19.9 Å². The van der Waals surface area contributed by atoms with Crippen molar-refractivity contribution in [3.63, 3.8) is 0 Å². The first kappa shape index (κ1) is 12.1. The van der Waals surface area contributed by atoms with Crippen molar-refractivity contribution >= 4 is 5.69 Å². The number of hydrogen-bond acceptors (Lipinski definition) is 4. The van der Waals surface area contributed by atoms with Crippen LogP contribution in [0.5, 0.6) is 0 Å². The van der Waals surface area contributed by atoms with Gasteiger partial charge in [0.25, 0.3) is 0 Å². The molecule has 0 radical (unpaired) electrons. The molecular formula is C13H15N5. The topological polar surface area (TPSA) is 80.5 Å². The molecule has 5 heteroatoms. The summed E-state index contributed by atoms with van der Waals surface area (Å²) in [5.41, 5.74) is 7.62. The van der Waals surface area contributed by atoms with Crippen molar-refractivity contribution in [3.05, 3.63) is 35.4 Å². The summed E-state index contributed by atoms with van der Waals surface area (Å²) < 4.78 is 1.73. The summed E-state index contributed by atoms with van der Waals surface area (Å²) in [6.45, 7) is 4.03. The highest BCUT2D eigenvalue weighted by Gasteiger charge is 2.13. The molecular weight excluding hydrogens is 226 g/mol. The van der Waals surface area contributed by atoms with Crippen LogP contribution in [0.3, 0.4) is 0 Å². The number of nitriles is 1. The van der Waals surface area contributed by atoms with E-state index in [-0.39, 0.29) is 0 Å². The van der Waals surface area contributed by atoms with E-state index in [9.17, 15) is 0 Å². The Hall–Kier alpha value is -2.35. The van der Waals surface area contributed by atoms with Crippen LogP contribution in [0.25, 0.3) is 5.69 Å². The lowest BCUT2D eigenvalue weighted by molar-refractivity contribution is 0.792. The number of aromatic nitrogens is 3. The fraction of sp³-hybridized carbons (Fsp3) is 0.308. The Balaban J connectivity index is 2.62. The molecule has 0 aliphatic rings. The molecule has 0 unspecified atom stereocenters. The van der Waals surface area contributed by atoms with Crippen molar-refractivity contribution in [3.8, 4) is 11.8 Å². The molecule has 0 saturated carbocycles. The molecule has 1 heterocycles. The molecule has 2 rings (SSSR count). The predicted octanol–water partition coefficient (Wildman–Crippen LogP) is 1.85. The molecule has 0 spiro atoms. The molecule has 18 heavy (non-hydrogen) atoms. The molecule has 1 aromatic carbocycles. The monoisotopic (exact) mass is 241 g/mol. The zero-order valence-electron chi connectivity index (χ0n) is 10.5. The average molecular weight is 241 g/mol. The van der Waals surface area contributed by atoms with E-state index >= 15 is 0 Å². The molecule has 92 valence electrons. The molecule has 0 atom stereocenters. The van der Waals surface area contributed by atoms with Gasteiger partial charge in [-0.2, -0.15) is 10.4 Å². The Morgan fingerprint density at radius 3 is 2.72 bits per heavy atom. The van der Waals surface area contributed by atoms with Gasteiger partial charge in [0, 0.05) is 12.8 Å². The van der Waals surface area contributed by atoms with Crippen molar-refractivity contribution in [1.29, 1.82) is 5.26 Å². The zero-order valence-corrected chi connectivity index (χ0v) is 10.5. The highest BCUT2D eigenvalue weighted by molar-refractivity contribution is 5.66. The van der Waals surface area contributed by atoms with Crippen LogP contribution in [-0.4, -0.2) is 14.8 Å². The predicted molar refractivity (Wildman–Crippen MR) is 69.2 cm³/mol. The van der Waals surface area contributed by atoms with Gasteiger partial charge in [-0.25, -0.2) is 9.67 Å². The summed E-state index contributed by atoms with van der Waals surface area (Å²) in [5, 5.41) is 13.4. The maximum Gasteiger partial charge on any atom is 0.151 e. The second-order valence-corrected chi connectivity index (χ2v) is 3.91. The second kappa shape index (κ2) is 4.88. The number of hydrogen-bond donors (Lipinski definition) is 1. The molecule has 0 aliphatic heterocycles. The Morgan fingerprint density at radius 1 is 1.33 bits per heavy atom. The number of aryl methyl sites for hydroxylation is 2. The standard InChI is InChI=1S/C13H15N5/c1-3-11-16-12(4-2)18(17-11)10-7-5-6-9(8-14)13(10)15/h5-7H,3-4,15H2,1-2H3. The van der Waals surface area contributed by atoms with E-state index in [1.807, 2.05) is 19.9 Å². The summed E-state index contributed by atoms with van der Waals surface area (Å²) in [5.74, 6) is 1.64. The lowest BCUT2D eigenvalue weighted by Gasteiger charge is -2.08. The average Bonchev–Trinajstić information content (AvgIpc) is 2.82. The van der Waals surface area contributed by atoms with Crippen molar-refractivity contribution < 1.29 is 0 Å². The van der Waals surface area contributed by atoms with E-state index in [4.69, 9.17) is 11.0 Å². The van der Waals surface area contributed by atoms with Crippen molar-refractivity contribution in [2.75, 3.05) is 5.73 Å². The van der Waals surface area contributed by atoms with E-state index in [0.717, 1.165) is 30.2 Å². The van der Waals surface area contributed by atoms with E-state index in [0.29, 0.717) is 11.3 Å². The summed E-state index contributed by atoms with van der Waals surface area (Å²) in [7, 11) is 0. The first-order valence-corrected chi connectivity index (χ1v) is 5.95. The maximum absolute atomic E-state index is 8.99. The third kappa shape index (κ3) is 1.93. The van der Waals surface area contributed by atoms with Crippen LogP contribution >= 0.6 is 0 Å². The van der Waals surface area contributed by atoms with Crippen LogP contribution in [0.4, 0.5) is 5.69 Å². The normalized spacial score (nSPS) is 10.3. The highest BCUT2D eigenvalue weighted by atomic mass is 15.4. The van der Waals surface area contributed by atoms with E-state index in [2.05, 4.69) is 16.2 Å². The largest absolute Gasteiger partial charge is 0.396 e. The summed E-state index contributed by atoms with van der Waals surface area (Å²) in [6.07, 6.45) is 1.54. The Bertz CT molecular complexity index is 606. The van der Waals surface area contributed by atoms with Crippen LogP contribution in [0.2, 0.25) is 0 Å². The van der Waals surface area contributed by atoms with Crippen LogP contribution in [0.15, 0.2) is 18.2 Å². The summed E-state index contributed by atoms with van der Waals surface area (Å²) >= 11 is 0. The smallest absolute Gasteiger partial charge is 0.151 e. The number of benzene rings is 1. The number of para-hydroxylation sites is 1. The van der Waals surface area contributed by atoms with Gasteiger partial charge in [0.05, 0.1) is 16.9 Å². The molecule has 5 nitrogen and oxygen atoms in total. The van der Waals surface area contributed by atoms with Gasteiger partial charge in [-0.3, -0.25) is 0 Å². The van der Waals surface area contributed by atoms with Gasteiger partial charge in [0.15, 0.2) is 5.82 Å². The maximum atomic E-state index is 8.99. The van der Waals surface area contributed by atoms with E-state index < -0.39 is 0 Å². The minimum atomic E-state index is 0.447. The Kier molecular flexibility index (Phi) is 3.28. The minimum absolute atomic E-state index is 0.447. The van der Waals surface area contributed by atoms with Gasteiger partial charge >= 0.3 is 0 Å².